The molecule has 13 rings (SSSR count). The van der Waals surface area contributed by atoms with Crippen LogP contribution in [0, 0.1) is 47.4 Å². The Labute approximate surface area is 487 Å². The Morgan fingerprint density at radius 2 is 0.417 bits per heavy atom. The summed E-state index contributed by atoms with van der Waals surface area (Å²) in [5.41, 5.74) is 46.6. The first-order valence-corrected chi connectivity index (χ1v) is 27.2. The Bertz CT molecular complexity index is 4150. The monoisotopic (exact) mass is 1070 g/mol. The molecule has 84 heavy (non-hydrogen) atoms. The van der Waals surface area contributed by atoms with Crippen molar-refractivity contribution in [3.05, 3.63) is 332 Å². The molecule has 0 saturated carbocycles. The van der Waals surface area contributed by atoms with Crippen LogP contribution in [0.15, 0.2) is 285 Å². The van der Waals surface area contributed by atoms with Crippen LogP contribution < -0.4 is 22.9 Å². The minimum absolute atomic E-state index is 0.664. The summed E-state index contributed by atoms with van der Waals surface area (Å²) in [7, 11) is 0. The van der Waals surface area contributed by atoms with Crippen molar-refractivity contribution in [1.29, 1.82) is 0 Å². The van der Waals surface area contributed by atoms with Crippen molar-refractivity contribution in [1.82, 2.24) is 0 Å². The molecule has 0 amide bonds. The number of anilines is 4. The molecule has 0 atom stereocenters. The van der Waals surface area contributed by atoms with E-state index in [-0.39, 0.29) is 0 Å². The largest absolute Gasteiger partial charge is 0.399 e. The zero-order chi connectivity index (χ0) is 56.9. The van der Waals surface area contributed by atoms with Gasteiger partial charge in [-0.2, -0.15) is 0 Å². The lowest BCUT2D eigenvalue weighted by Crippen LogP contribution is -2.04. The molecule has 0 fully saturated rings. The molecule has 0 spiro atoms. The van der Waals surface area contributed by atoms with Crippen LogP contribution in [-0.2, 0) is 0 Å². The molecule has 8 aromatic rings. The second kappa shape index (κ2) is 22.5. The fourth-order valence-corrected chi connectivity index (χ4v) is 10.2. The van der Waals surface area contributed by atoms with Crippen molar-refractivity contribution in [2.75, 3.05) is 22.9 Å². The smallest absolute Gasteiger partial charge is 0.0738 e. The second-order valence-electron chi connectivity index (χ2n) is 20.2. The Kier molecular flexibility index (Phi) is 13.7. The first-order valence-electron chi connectivity index (χ1n) is 27.2. The predicted octanol–water partition coefficient (Wildman–Crippen LogP) is 13.6. The highest BCUT2D eigenvalue weighted by molar-refractivity contribution is 6.39. The molecular formula is C76H48N8. The first kappa shape index (κ1) is 51.3. The van der Waals surface area contributed by atoms with Crippen LogP contribution in [0.25, 0.3) is 22.3 Å². The van der Waals surface area contributed by atoms with Crippen molar-refractivity contribution in [3.8, 4) is 47.4 Å². The van der Waals surface area contributed by atoms with E-state index in [0.717, 1.165) is 135 Å². The molecular weight excluding hydrogens is 1020 g/mol. The molecule has 392 valence electrons. The topological polar surface area (TPSA) is 154 Å². The first-order chi connectivity index (χ1) is 41.2. The van der Waals surface area contributed by atoms with Crippen molar-refractivity contribution in [2.24, 2.45) is 20.0 Å². The van der Waals surface area contributed by atoms with Crippen molar-refractivity contribution >= 4 is 67.9 Å². The summed E-state index contributed by atoms with van der Waals surface area (Å²) in [5, 5.41) is 0. The van der Waals surface area contributed by atoms with Crippen molar-refractivity contribution in [2.45, 2.75) is 0 Å². The van der Waals surface area contributed by atoms with E-state index < -0.39 is 0 Å². The number of nitrogens with zero attached hydrogens (tertiary/aromatic N) is 4. The number of nitrogens with two attached hydrogens (primary N) is 4. The van der Waals surface area contributed by atoms with E-state index >= 15 is 0 Å². The summed E-state index contributed by atoms with van der Waals surface area (Å²) in [5.74, 6) is 26.3. The standard InChI is InChI=1S/C76H48N8/c77-61-9-1-5-53(45-61)17-13-49-21-29-57(30-22-49)73-65-37-39-67(81-65)74(58-31-23-50(24-32-58)14-18-54-6-2-10-62(78)46-54)69-41-43-71(83-69)76(60-35-27-52(28-36-60)16-20-56-8-4-12-64(80)48-56)72-44-42-70(84-72)75(68-40-38-66(73)82-68)59-33-25-51(26-34-59)15-19-55-7-3-11-63(79)47-55/h1-12,21-48H,77-80H2. The van der Waals surface area contributed by atoms with Gasteiger partial charge in [-0.3, -0.25) is 0 Å². The Morgan fingerprint density at radius 1 is 0.214 bits per heavy atom. The number of aliphatic imine (C=N–C) groups is 4. The lowest BCUT2D eigenvalue weighted by Gasteiger charge is -2.13. The third-order valence-electron chi connectivity index (χ3n) is 14.3. The van der Waals surface area contributed by atoms with Gasteiger partial charge in [-0.15, -0.1) is 0 Å². The van der Waals surface area contributed by atoms with Crippen LogP contribution in [0.4, 0.5) is 22.7 Å². The number of rotatable bonds is 4. The van der Waals surface area contributed by atoms with Gasteiger partial charge >= 0.3 is 0 Å². The van der Waals surface area contributed by atoms with Gasteiger partial charge < -0.3 is 22.9 Å². The number of hydrogen-bond donors (Lipinski definition) is 4. The quantitative estimate of drug-likeness (QED) is 0.102. The summed E-state index contributed by atoms with van der Waals surface area (Å²) in [6.45, 7) is 0. The fourth-order valence-electron chi connectivity index (χ4n) is 10.2. The average molecular weight is 1070 g/mol. The number of allylic oxidation sites excluding steroid dienone is 12. The average Bonchev–Trinajstić information content (AvgIpc) is 4.48. The summed E-state index contributed by atoms with van der Waals surface area (Å²) >= 11 is 0. The molecule has 5 aliphatic heterocycles. The summed E-state index contributed by atoms with van der Waals surface area (Å²) < 4.78 is 0. The molecule has 0 aliphatic carbocycles. The number of hydrogen-bond acceptors (Lipinski definition) is 8. The zero-order valence-electron chi connectivity index (χ0n) is 45.2. The maximum Gasteiger partial charge on any atom is 0.0738 e. The van der Waals surface area contributed by atoms with E-state index in [2.05, 4.69) is 145 Å². The maximum atomic E-state index is 6.08. The normalized spacial score (nSPS) is 14.4. The van der Waals surface area contributed by atoms with E-state index in [1.54, 1.807) is 0 Å². The third-order valence-corrected chi connectivity index (χ3v) is 14.3. The minimum atomic E-state index is 0.664. The molecule has 5 heterocycles. The Balaban J connectivity index is 0.984. The molecule has 0 radical (unpaired) electrons. The number of benzene rings is 8. The summed E-state index contributed by atoms with van der Waals surface area (Å²) in [6.07, 6.45) is 16.5. The van der Waals surface area contributed by atoms with Gasteiger partial charge in [0.25, 0.3) is 0 Å². The van der Waals surface area contributed by atoms with Gasteiger partial charge in [0.1, 0.15) is 0 Å². The lowest BCUT2D eigenvalue weighted by atomic mass is 9.97. The van der Waals surface area contributed by atoms with Gasteiger partial charge in [0.05, 0.1) is 45.6 Å². The number of nitrogen functional groups attached to an aromatic ring is 4. The van der Waals surface area contributed by atoms with Crippen molar-refractivity contribution < 1.29 is 0 Å². The van der Waals surface area contributed by atoms with E-state index in [4.69, 9.17) is 42.9 Å². The fraction of sp³-hybridized carbons (Fsp3) is 0. The molecule has 0 aromatic heterocycles. The van der Waals surface area contributed by atoms with Crippen LogP contribution in [-0.4, -0.2) is 22.8 Å². The van der Waals surface area contributed by atoms with Crippen LogP contribution in [0.2, 0.25) is 0 Å². The van der Waals surface area contributed by atoms with Crippen LogP contribution >= 0.6 is 0 Å². The van der Waals surface area contributed by atoms with Gasteiger partial charge in [-0.25, -0.2) is 20.0 Å². The molecule has 8 N–H and O–H groups in total. The van der Waals surface area contributed by atoms with Crippen LogP contribution in [0.1, 0.15) is 66.8 Å². The van der Waals surface area contributed by atoms with E-state index in [9.17, 15) is 0 Å². The van der Waals surface area contributed by atoms with Crippen LogP contribution in [0.5, 0.6) is 0 Å². The molecule has 0 saturated heterocycles. The maximum absolute atomic E-state index is 6.08. The van der Waals surface area contributed by atoms with E-state index in [1.807, 2.05) is 146 Å². The highest BCUT2D eigenvalue weighted by Gasteiger charge is 2.28. The van der Waals surface area contributed by atoms with Gasteiger partial charge in [-0.05, 0) is 192 Å². The van der Waals surface area contributed by atoms with Crippen LogP contribution in [0.3, 0.4) is 0 Å². The molecule has 8 bridgehead atoms. The molecule has 8 heteroatoms. The summed E-state index contributed by atoms with van der Waals surface area (Å²) in [6, 6.07) is 63.2. The van der Waals surface area contributed by atoms with Gasteiger partial charge in [0.15, 0.2) is 0 Å². The third kappa shape index (κ3) is 11.2. The van der Waals surface area contributed by atoms with Crippen molar-refractivity contribution in [3.63, 3.8) is 0 Å². The molecule has 8 aromatic carbocycles. The van der Waals surface area contributed by atoms with Gasteiger partial charge in [0, 0.05) is 89.5 Å². The number of fused-ring (bicyclic) bond motifs is 4. The zero-order valence-corrected chi connectivity index (χ0v) is 45.2. The molecule has 0 unspecified atom stereocenters. The Morgan fingerprint density at radius 3 is 0.619 bits per heavy atom. The summed E-state index contributed by atoms with van der Waals surface area (Å²) in [4.78, 5) is 22.0. The Hall–Kier alpha value is -12.2. The second-order valence-corrected chi connectivity index (χ2v) is 20.2. The van der Waals surface area contributed by atoms with E-state index in [1.165, 1.54) is 0 Å². The van der Waals surface area contributed by atoms with Gasteiger partial charge in [-0.1, -0.05) is 120 Å². The van der Waals surface area contributed by atoms with Gasteiger partial charge in [0.2, 0.25) is 0 Å². The molecule has 8 nitrogen and oxygen atoms in total. The highest BCUT2D eigenvalue weighted by atomic mass is 14.9. The van der Waals surface area contributed by atoms with E-state index in [0.29, 0.717) is 22.7 Å². The SMILES string of the molecule is Nc1cccc(C#Cc2ccc(C3=C4C=CC(=N4)C(c4ccc(C#Cc5cccc(N)c5)cc4)=C4C=CC(=N4)C(c4ccc(C#Cc5cccc(N)c5)cc4)=C4C=CC(=N4)C(c4ccc(C#Cc5cccc(N)c5)cc4)=C4C=CC3=N4)cc2)c1. The minimum Gasteiger partial charge on any atom is -0.399 e. The molecule has 5 aliphatic rings. The highest BCUT2D eigenvalue weighted by Crippen LogP contribution is 2.39. The lowest BCUT2D eigenvalue weighted by molar-refractivity contribution is 1.40. The predicted molar refractivity (Wildman–Crippen MR) is 347 cm³/mol.